The van der Waals surface area contributed by atoms with Crippen molar-refractivity contribution in [1.29, 1.82) is 0 Å². The SMILES string of the molecule is C1=Cc2c(c3c(c4ccccc24)C=CCC3)CC1. The van der Waals surface area contributed by atoms with Crippen LogP contribution in [-0.4, -0.2) is 0 Å². The molecule has 0 nitrogen and oxygen atoms in total. The lowest BCUT2D eigenvalue weighted by Crippen LogP contribution is -2.06. The molecule has 2 aliphatic carbocycles. The first-order valence-electron chi connectivity index (χ1n) is 6.84. The highest BCUT2D eigenvalue weighted by Crippen LogP contribution is 2.37. The summed E-state index contributed by atoms with van der Waals surface area (Å²) in [6, 6.07) is 8.85. The quantitative estimate of drug-likeness (QED) is 0.614. The van der Waals surface area contributed by atoms with Crippen LogP contribution in [0.3, 0.4) is 0 Å². The van der Waals surface area contributed by atoms with Crippen LogP contribution in [0.15, 0.2) is 36.4 Å². The lowest BCUT2D eigenvalue weighted by molar-refractivity contribution is 0.911. The maximum atomic E-state index is 2.33. The van der Waals surface area contributed by atoms with E-state index in [-0.39, 0.29) is 0 Å². The topological polar surface area (TPSA) is 0 Å². The van der Waals surface area contributed by atoms with E-state index in [0.29, 0.717) is 0 Å². The van der Waals surface area contributed by atoms with E-state index in [9.17, 15) is 0 Å². The number of benzene rings is 2. The van der Waals surface area contributed by atoms with Crippen molar-refractivity contribution in [3.8, 4) is 0 Å². The van der Waals surface area contributed by atoms with E-state index in [1.54, 1.807) is 11.1 Å². The Labute approximate surface area is 108 Å². The molecule has 2 aliphatic rings. The molecule has 0 atom stereocenters. The van der Waals surface area contributed by atoms with Crippen LogP contribution < -0.4 is 0 Å². The third-order valence-electron chi connectivity index (χ3n) is 4.21. The number of hydrogen-bond acceptors (Lipinski definition) is 0. The van der Waals surface area contributed by atoms with Crippen LogP contribution in [0.2, 0.25) is 0 Å². The Hall–Kier alpha value is -1.82. The predicted octanol–water partition coefficient (Wildman–Crippen LogP) is 4.76. The average molecular weight is 232 g/mol. The van der Waals surface area contributed by atoms with E-state index < -0.39 is 0 Å². The molecule has 2 aromatic rings. The zero-order valence-corrected chi connectivity index (χ0v) is 10.4. The molecule has 0 aliphatic heterocycles. The molecule has 4 rings (SSSR count). The van der Waals surface area contributed by atoms with Gasteiger partial charge in [-0.2, -0.15) is 0 Å². The Morgan fingerprint density at radius 3 is 1.67 bits per heavy atom. The summed E-state index contributed by atoms with van der Waals surface area (Å²) in [7, 11) is 0. The third-order valence-corrected chi connectivity index (χ3v) is 4.21. The molecule has 18 heavy (non-hydrogen) atoms. The molecule has 0 heterocycles. The molecule has 0 N–H and O–H groups in total. The Bertz CT molecular complexity index is 626. The molecule has 88 valence electrons. The van der Waals surface area contributed by atoms with Gasteiger partial charge in [0.1, 0.15) is 0 Å². The predicted molar refractivity (Wildman–Crippen MR) is 78.7 cm³/mol. The molecular weight excluding hydrogens is 216 g/mol. The van der Waals surface area contributed by atoms with Crippen molar-refractivity contribution in [2.24, 2.45) is 0 Å². The summed E-state index contributed by atoms with van der Waals surface area (Å²) in [5, 5.41) is 2.85. The lowest BCUT2D eigenvalue weighted by Gasteiger charge is -2.23. The van der Waals surface area contributed by atoms with E-state index in [2.05, 4.69) is 48.6 Å². The highest BCUT2D eigenvalue weighted by molar-refractivity contribution is 5.99. The van der Waals surface area contributed by atoms with Crippen molar-refractivity contribution >= 4 is 22.9 Å². The van der Waals surface area contributed by atoms with Crippen LogP contribution in [-0.2, 0) is 12.8 Å². The molecule has 0 radical (unpaired) electrons. The van der Waals surface area contributed by atoms with E-state index in [1.165, 1.54) is 47.6 Å². The van der Waals surface area contributed by atoms with Crippen molar-refractivity contribution < 1.29 is 0 Å². The van der Waals surface area contributed by atoms with Crippen molar-refractivity contribution in [3.63, 3.8) is 0 Å². The first-order valence-corrected chi connectivity index (χ1v) is 6.84. The molecule has 0 unspecified atom stereocenters. The lowest BCUT2D eigenvalue weighted by atomic mass is 9.81. The fourth-order valence-corrected chi connectivity index (χ4v) is 3.41. The highest BCUT2D eigenvalue weighted by atomic mass is 14.2. The maximum Gasteiger partial charge on any atom is -0.0103 e. The monoisotopic (exact) mass is 232 g/mol. The summed E-state index contributed by atoms with van der Waals surface area (Å²) in [6.45, 7) is 0. The van der Waals surface area contributed by atoms with Crippen molar-refractivity contribution in [1.82, 2.24) is 0 Å². The molecule has 0 fully saturated rings. The Kier molecular flexibility index (Phi) is 2.16. The van der Waals surface area contributed by atoms with Gasteiger partial charge in [-0.25, -0.2) is 0 Å². The van der Waals surface area contributed by atoms with Gasteiger partial charge in [0.15, 0.2) is 0 Å². The van der Waals surface area contributed by atoms with Crippen LogP contribution in [0.25, 0.3) is 22.9 Å². The first-order chi connectivity index (χ1) is 8.95. The molecule has 0 heteroatoms. The minimum absolute atomic E-state index is 1.20. The minimum Gasteiger partial charge on any atom is -0.0836 e. The normalized spacial score (nSPS) is 16.7. The summed E-state index contributed by atoms with van der Waals surface area (Å²) >= 11 is 0. The Morgan fingerprint density at radius 1 is 0.667 bits per heavy atom. The molecule has 0 bridgehead atoms. The van der Waals surface area contributed by atoms with Crippen LogP contribution in [0, 0.1) is 0 Å². The molecular formula is C18H16. The second kappa shape index (κ2) is 3.84. The van der Waals surface area contributed by atoms with Crippen molar-refractivity contribution in [3.05, 3.63) is 58.7 Å². The van der Waals surface area contributed by atoms with Gasteiger partial charge in [0.05, 0.1) is 0 Å². The largest absolute Gasteiger partial charge is 0.0836 e. The van der Waals surface area contributed by atoms with E-state index >= 15 is 0 Å². The van der Waals surface area contributed by atoms with Crippen molar-refractivity contribution in [2.75, 3.05) is 0 Å². The third kappa shape index (κ3) is 1.32. The number of allylic oxidation sites excluding steroid dienone is 2. The van der Waals surface area contributed by atoms with Gasteiger partial charge in [0.2, 0.25) is 0 Å². The van der Waals surface area contributed by atoms with E-state index in [0.717, 1.165) is 0 Å². The molecule has 0 saturated carbocycles. The van der Waals surface area contributed by atoms with Crippen LogP contribution in [0.1, 0.15) is 35.1 Å². The zero-order valence-electron chi connectivity index (χ0n) is 10.4. The standard InChI is InChI=1S/C18H16/c1-2-8-14-13(7-1)15-9-3-4-11-17(15)18-12-6-5-10-16(14)18/h1-3,5,7-10H,4,6,11-12H2. The van der Waals surface area contributed by atoms with Gasteiger partial charge in [-0.1, -0.05) is 48.6 Å². The van der Waals surface area contributed by atoms with Gasteiger partial charge in [-0.15, -0.1) is 0 Å². The van der Waals surface area contributed by atoms with Crippen LogP contribution >= 0.6 is 0 Å². The van der Waals surface area contributed by atoms with Crippen LogP contribution in [0.5, 0.6) is 0 Å². The summed E-state index contributed by atoms with van der Waals surface area (Å²) in [5.74, 6) is 0. The van der Waals surface area contributed by atoms with Gasteiger partial charge < -0.3 is 0 Å². The summed E-state index contributed by atoms with van der Waals surface area (Å²) in [5.41, 5.74) is 6.17. The summed E-state index contributed by atoms with van der Waals surface area (Å²) < 4.78 is 0. The number of fused-ring (bicyclic) bond motifs is 6. The second-order valence-electron chi connectivity index (χ2n) is 5.21. The van der Waals surface area contributed by atoms with E-state index in [4.69, 9.17) is 0 Å². The van der Waals surface area contributed by atoms with Gasteiger partial charge >= 0.3 is 0 Å². The smallest absolute Gasteiger partial charge is 0.0103 e. The van der Waals surface area contributed by atoms with Crippen LogP contribution in [0.4, 0.5) is 0 Å². The second-order valence-corrected chi connectivity index (χ2v) is 5.21. The van der Waals surface area contributed by atoms with Gasteiger partial charge in [-0.3, -0.25) is 0 Å². The summed E-state index contributed by atoms with van der Waals surface area (Å²) in [6.07, 6.45) is 14.1. The van der Waals surface area contributed by atoms with E-state index in [1.807, 2.05) is 0 Å². The molecule has 0 aromatic heterocycles. The average Bonchev–Trinajstić information content (AvgIpc) is 2.48. The maximum absolute atomic E-state index is 2.33. The first kappa shape index (κ1) is 10.1. The molecule has 0 spiro atoms. The van der Waals surface area contributed by atoms with Gasteiger partial charge in [0.25, 0.3) is 0 Å². The number of rotatable bonds is 0. The Morgan fingerprint density at radius 2 is 1.17 bits per heavy atom. The number of hydrogen-bond donors (Lipinski definition) is 0. The molecule has 0 saturated heterocycles. The van der Waals surface area contributed by atoms with Crippen molar-refractivity contribution in [2.45, 2.75) is 25.7 Å². The zero-order chi connectivity index (χ0) is 11.9. The Balaban J connectivity index is 2.21. The fraction of sp³-hybridized carbons (Fsp3) is 0.222. The van der Waals surface area contributed by atoms with Gasteiger partial charge in [0, 0.05) is 0 Å². The summed E-state index contributed by atoms with van der Waals surface area (Å²) in [4.78, 5) is 0. The molecule has 0 amide bonds. The highest BCUT2D eigenvalue weighted by Gasteiger charge is 2.18. The minimum atomic E-state index is 1.20. The fourth-order valence-electron chi connectivity index (χ4n) is 3.41. The molecule has 2 aromatic carbocycles. The van der Waals surface area contributed by atoms with Gasteiger partial charge in [-0.05, 0) is 58.7 Å².